The van der Waals surface area contributed by atoms with E-state index in [2.05, 4.69) is 164 Å². The minimum atomic E-state index is -0.0921. The number of benzene rings is 8. The summed E-state index contributed by atoms with van der Waals surface area (Å²) in [5, 5.41) is 4.81. The molecule has 1 aliphatic heterocycles. The van der Waals surface area contributed by atoms with E-state index in [9.17, 15) is 0 Å². The summed E-state index contributed by atoms with van der Waals surface area (Å²) in [6.45, 7) is 4.27. The molecule has 1 atom stereocenters. The number of aliphatic imine (C=N–C) groups is 2. The summed E-state index contributed by atoms with van der Waals surface area (Å²) < 4.78 is 2.55. The number of hydrogen-bond acceptors (Lipinski definition) is 4. The molecular weight excluding hydrogens is 773 g/mol. The Hall–Kier alpha value is -7.70. The summed E-state index contributed by atoms with van der Waals surface area (Å²) in [5.41, 5.74) is 22.0. The first-order valence-corrected chi connectivity index (χ1v) is 21.6. The normalized spacial score (nSPS) is 14.4. The van der Waals surface area contributed by atoms with Crippen molar-refractivity contribution >= 4 is 60.0 Å². The number of nitrogens with zero attached hydrogens (tertiary/aromatic N) is 2. The molecule has 10 rings (SSSR count). The van der Waals surface area contributed by atoms with Gasteiger partial charge in [-0.15, -0.1) is 11.3 Å². The third kappa shape index (κ3) is 7.98. The van der Waals surface area contributed by atoms with Gasteiger partial charge in [0, 0.05) is 59.8 Å². The van der Waals surface area contributed by atoms with Gasteiger partial charge in [-0.3, -0.25) is 5.32 Å². The SMILES string of the molecule is C=C(N=C(/C=C(\N)c1ccc(-c2cc(-c3cccc(C4=CC(c5ccccc5)=NC(c5ccccc5)[NH2+]4)c3)c3sc4ccccc4c3c2)cc1)c1ccccc1)c1ccccc1. The Labute approximate surface area is 366 Å². The Kier molecular flexibility index (Phi) is 10.6. The summed E-state index contributed by atoms with van der Waals surface area (Å²) in [7, 11) is 0. The molecule has 9 aromatic rings. The van der Waals surface area contributed by atoms with Crippen LogP contribution in [-0.2, 0) is 0 Å². The van der Waals surface area contributed by atoms with Crippen molar-refractivity contribution in [3.8, 4) is 22.3 Å². The average Bonchev–Trinajstić information content (AvgIpc) is 3.73. The lowest BCUT2D eigenvalue weighted by Gasteiger charge is -2.20. The molecule has 0 spiro atoms. The van der Waals surface area contributed by atoms with Crippen LogP contribution in [-0.4, -0.2) is 11.4 Å². The van der Waals surface area contributed by atoms with Crippen LogP contribution in [0.1, 0.15) is 39.5 Å². The van der Waals surface area contributed by atoms with Gasteiger partial charge in [0.2, 0.25) is 6.17 Å². The second kappa shape index (κ2) is 17.1. The molecule has 2 heterocycles. The summed E-state index contributed by atoms with van der Waals surface area (Å²) >= 11 is 1.85. The van der Waals surface area contributed by atoms with Gasteiger partial charge in [-0.2, -0.15) is 0 Å². The lowest BCUT2D eigenvalue weighted by molar-refractivity contribution is -0.609. The van der Waals surface area contributed by atoms with E-state index in [1.54, 1.807) is 0 Å². The third-order valence-corrected chi connectivity index (χ3v) is 12.6. The number of nitrogens with two attached hydrogens (primary N) is 2. The first kappa shape index (κ1) is 38.5. The fraction of sp³-hybridized carbons (Fsp3) is 0.0175. The average molecular weight is 816 g/mol. The number of quaternary nitrogens is 1. The van der Waals surface area contributed by atoms with Crippen molar-refractivity contribution in [2.75, 3.05) is 0 Å². The number of allylic oxidation sites excluding steroid dienone is 2. The molecule has 1 unspecified atom stereocenters. The van der Waals surface area contributed by atoms with Crippen LogP contribution >= 0.6 is 11.3 Å². The van der Waals surface area contributed by atoms with Gasteiger partial charge in [0.25, 0.3) is 0 Å². The van der Waals surface area contributed by atoms with E-state index in [1.807, 2.05) is 78.1 Å². The molecule has 0 saturated carbocycles. The molecular formula is C57H43N4S+. The number of rotatable bonds is 10. The van der Waals surface area contributed by atoms with E-state index < -0.39 is 0 Å². The Morgan fingerprint density at radius 1 is 0.565 bits per heavy atom. The fourth-order valence-electron chi connectivity index (χ4n) is 8.15. The number of hydrogen-bond donors (Lipinski definition) is 2. The predicted octanol–water partition coefficient (Wildman–Crippen LogP) is 13.0. The van der Waals surface area contributed by atoms with Crippen molar-refractivity contribution in [1.29, 1.82) is 0 Å². The Morgan fingerprint density at radius 2 is 1.19 bits per heavy atom. The summed E-state index contributed by atoms with van der Waals surface area (Å²) in [6.07, 6.45) is 4.09. The molecule has 0 aliphatic carbocycles. The highest BCUT2D eigenvalue weighted by Gasteiger charge is 2.24. The Morgan fingerprint density at radius 3 is 1.94 bits per heavy atom. The van der Waals surface area contributed by atoms with Gasteiger partial charge < -0.3 is 5.73 Å². The first-order chi connectivity index (χ1) is 30.5. The van der Waals surface area contributed by atoms with Gasteiger partial charge in [-0.1, -0.05) is 183 Å². The quantitative estimate of drug-likeness (QED) is 0.133. The molecule has 0 saturated heterocycles. The first-order valence-electron chi connectivity index (χ1n) is 20.8. The highest BCUT2D eigenvalue weighted by Crippen LogP contribution is 2.43. The molecule has 4 nitrogen and oxygen atoms in total. The molecule has 296 valence electrons. The zero-order valence-electron chi connectivity index (χ0n) is 34.0. The standard InChI is InChI=1S/C57H42N4S/c1-38(39-17-6-2-7-18-39)59-52(42-19-8-3-9-20-42)36-51(58)41-31-29-40(30-32-41)47-34-49(56-50(35-47)48-27-14-15-28-55(48)62-56)45-25-16-26-46(33-45)54-37-53(43-21-10-4-11-22-43)60-57(61-54)44-23-12-5-13-24-44/h2-37,57,61H,1,58H2/p+1/b51-36-,59-52?. The lowest BCUT2D eigenvalue weighted by Crippen LogP contribution is -2.82. The topological polar surface area (TPSA) is 67.3 Å². The van der Waals surface area contributed by atoms with Crippen LogP contribution in [0.2, 0.25) is 0 Å². The molecule has 0 fully saturated rings. The van der Waals surface area contributed by atoms with Crippen LogP contribution in [0.3, 0.4) is 0 Å². The van der Waals surface area contributed by atoms with E-state index >= 15 is 0 Å². The van der Waals surface area contributed by atoms with Gasteiger partial charge in [-0.05, 0) is 64.2 Å². The molecule has 0 radical (unpaired) electrons. The minimum absolute atomic E-state index is 0.0921. The van der Waals surface area contributed by atoms with Gasteiger partial charge in [0.1, 0.15) is 5.70 Å². The zero-order chi connectivity index (χ0) is 41.8. The molecule has 62 heavy (non-hydrogen) atoms. The summed E-state index contributed by atoms with van der Waals surface area (Å²) in [4.78, 5) is 10.2. The van der Waals surface area contributed by atoms with E-state index in [0.29, 0.717) is 11.4 Å². The van der Waals surface area contributed by atoms with Crippen LogP contribution in [0.4, 0.5) is 0 Å². The second-order valence-corrected chi connectivity index (χ2v) is 16.5. The van der Waals surface area contributed by atoms with E-state index in [-0.39, 0.29) is 6.17 Å². The lowest BCUT2D eigenvalue weighted by atomic mass is 9.93. The highest BCUT2D eigenvalue weighted by molar-refractivity contribution is 7.26. The Balaban J connectivity index is 1.03. The second-order valence-electron chi connectivity index (χ2n) is 15.4. The maximum Gasteiger partial charge on any atom is 0.211 e. The Bertz CT molecular complexity index is 3200. The summed E-state index contributed by atoms with van der Waals surface area (Å²) in [5.74, 6) is 0. The molecule has 4 N–H and O–H groups in total. The molecule has 1 aromatic heterocycles. The smallest absolute Gasteiger partial charge is 0.211 e. The molecule has 1 aliphatic rings. The fourth-order valence-corrected chi connectivity index (χ4v) is 9.37. The maximum atomic E-state index is 6.86. The summed E-state index contributed by atoms with van der Waals surface area (Å²) in [6, 6.07) is 72.1. The van der Waals surface area contributed by atoms with Crippen LogP contribution < -0.4 is 11.1 Å². The molecule has 8 aromatic carbocycles. The predicted molar refractivity (Wildman–Crippen MR) is 263 cm³/mol. The van der Waals surface area contributed by atoms with Crippen LogP contribution in [0.5, 0.6) is 0 Å². The van der Waals surface area contributed by atoms with Crippen molar-refractivity contribution in [3.05, 3.63) is 258 Å². The van der Waals surface area contributed by atoms with Crippen molar-refractivity contribution < 1.29 is 5.32 Å². The zero-order valence-corrected chi connectivity index (χ0v) is 34.8. The number of fused-ring (bicyclic) bond motifs is 3. The largest absolute Gasteiger partial charge is 0.398 e. The van der Waals surface area contributed by atoms with E-state index in [1.165, 1.54) is 36.9 Å². The van der Waals surface area contributed by atoms with Crippen molar-refractivity contribution in [2.24, 2.45) is 15.7 Å². The van der Waals surface area contributed by atoms with Crippen LogP contribution in [0, 0.1) is 0 Å². The van der Waals surface area contributed by atoms with Crippen LogP contribution in [0.25, 0.3) is 59.5 Å². The van der Waals surface area contributed by atoms with Crippen molar-refractivity contribution in [3.63, 3.8) is 0 Å². The third-order valence-electron chi connectivity index (χ3n) is 11.4. The van der Waals surface area contributed by atoms with Gasteiger partial charge in [0.05, 0.1) is 17.1 Å². The van der Waals surface area contributed by atoms with Gasteiger partial charge in [-0.25, -0.2) is 9.98 Å². The monoisotopic (exact) mass is 815 g/mol. The molecule has 5 heteroatoms. The van der Waals surface area contributed by atoms with Crippen molar-refractivity contribution in [2.45, 2.75) is 6.17 Å². The van der Waals surface area contributed by atoms with Gasteiger partial charge in [0.15, 0.2) is 0 Å². The maximum absolute atomic E-state index is 6.86. The minimum Gasteiger partial charge on any atom is -0.398 e. The number of thiophene rings is 1. The molecule has 0 bridgehead atoms. The van der Waals surface area contributed by atoms with E-state index in [4.69, 9.17) is 15.7 Å². The highest BCUT2D eigenvalue weighted by atomic mass is 32.1. The van der Waals surface area contributed by atoms with Crippen molar-refractivity contribution in [1.82, 2.24) is 0 Å². The van der Waals surface area contributed by atoms with Crippen LogP contribution in [0.15, 0.2) is 235 Å². The molecule has 0 amide bonds. The van der Waals surface area contributed by atoms with Gasteiger partial charge >= 0.3 is 0 Å². The van der Waals surface area contributed by atoms with E-state index in [0.717, 1.165) is 56.1 Å².